The zero-order chi connectivity index (χ0) is 53.4. The second-order valence-corrected chi connectivity index (χ2v) is 18.9. The maximum Gasteiger partial charge on any atom is 2.00 e. The van der Waals surface area contributed by atoms with Gasteiger partial charge in [-0.1, -0.05) is 282 Å². The van der Waals surface area contributed by atoms with Gasteiger partial charge in [-0.15, -0.1) is 0 Å². The Morgan fingerprint density at radius 3 is 0.918 bits per heavy atom. The predicted molar refractivity (Wildman–Crippen MR) is 306 cm³/mol. The van der Waals surface area contributed by atoms with Crippen LogP contribution in [0.25, 0.3) is 0 Å². The van der Waals surface area contributed by atoms with E-state index >= 15 is 0 Å². The van der Waals surface area contributed by atoms with Gasteiger partial charge in [-0.25, -0.2) is 9.59 Å². The van der Waals surface area contributed by atoms with Crippen LogP contribution in [0, 0.1) is 13.8 Å². The minimum Gasteiger partial charge on any atom is -0.545 e. The molecular formula is C64H104O8Sn. The van der Waals surface area contributed by atoms with Crippen molar-refractivity contribution in [1.82, 2.24) is 0 Å². The van der Waals surface area contributed by atoms with Crippen LogP contribution in [0.2, 0.25) is 0 Å². The minimum atomic E-state index is -1.36. The number of hydrogen-bond acceptors (Lipinski definition) is 8. The summed E-state index contributed by atoms with van der Waals surface area (Å²) in [5, 5.41) is 22.0. The van der Waals surface area contributed by atoms with Crippen LogP contribution in [0.3, 0.4) is 0 Å². The van der Waals surface area contributed by atoms with Crippen molar-refractivity contribution < 1.29 is 38.9 Å². The normalized spacial score (nSPS) is 10.6. The second kappa shape index (κ2) is 59.5. The zero-order valence-electron chi connectivity index (χ0n) is 47.0. The molecule has 0 saturated carbocycles. The van der Waals surface area contributed by atoms with Crippen molar-refractivity contribution in [3.63, 3.8) is 0 Å². The summed E-state index contributed by atoms with van der Waals surface area (Å²) in [4.78, 5) is 46.0. The van der Waals surface area contributed by atoms with E-state index in [2.05, 4.69) is 65.8 Å². The zero-order valence-corrected chi connectivity index (χ0v) is 49.8. The number of carbonyl (C=O) groups is 4. The second-order valence-electron chi connectivity index (χ2n) is 18.9. The molecule has 4 radical (unpaired) electrons. The van der Waals surface area contributed by atoms with Gasteiger partial charge in [0.2, 0.25) is 0 Å². The Morgan fingerprint density at radius 2 is 0.630 bits per heavy atom. The predicted octanol–water partition coefficient (Wildman–Crippen LogP) is 16.9. The number of esters is 2. The first-order valence-corrected chi connectivity index (χ1v) is 29.0. The number of rotatable bonds is 42. The summed E-state index contributed by atoms with van der Waals surface area (Å²) >= 11 is 0. The summed E-state index contributed by atoms with van der Waals surface area (Å²) in [6, 6.07) is 12.0. The van der Waals surface area contributed by atoms with E-state index in [0.29, 0.717) is 13.2 Å². The molecule has 73 heavy (non-hydrogen) atoms. The van der Waals surface area contributed by atoms with E-state index in [1.165, 1.54) is 204 Å². The van der Waals surface area contributed by atoms with Crippen LogP contribution in [-0.4, -0.2) is 61.0 Å². The van der Waals surface area contributed by atoms with Gasteiger partial charge in [0.25, 0.3) is 0 Å². The van der Waals surface area contributed by atoms with E-state index in [0.717, 1.165) is 51.4 Å². The van der Waals surface area contributed by atoms with Crippen molar-refractivity contribution in [2.24, 2.45) is 0 Å². The third-order valence-electron chi connectivity index (χ3n) is 12.2. The van der Waals surface area contributed by atoms with Crippen LogP contribution in [0.4, 0.5) is 0 Å². The van der Waals surface area contributed by atoms with Gasteiger partial charge in [0.05, 0.1) is 36.3 Å². The molecule has 0 amide bonds. The molecule has 0 aliphatic rings. The number of unbranched alkanes of at least 4 members (excludes halogenated alkanes) is 30. The Hall–Kier alpha value is -3.40. The third-order valence-corrected chi connectivity index (χ3v) is 12.2. The third kappa shape index (κ3) is 49.3. The Labute approximate surface area is 465 Å². The van der Waals surface area contributed by atoms with Crippen LogP contribution in [0.1, 0.15) is 300 Å². The molecule has 0 aliphatic carbocycles. The van der Waals surface area contributed by atoms with Crippen molar-refractivity contribution in [3.8, 4) is 0 Å². The fraction of sp³-hybridized carbons (Fsp3) is 0.656. The van der Waals surface area contributed by atoms with Gasteiger partial charge in [-0.3, -0.25) is 0 Å². The van der Waals surface area contributed by atoms with Gasteiger partial charge in [-0.05, 0) is 63.5 Å². The van der Waals surface area contributed by atoms with E-state index in [9.17, 15) is 29.4 Å². The molecule has 0 fully saturated rings. The van der Waals surface area contributed by atoms with Gasteiger partial charge in [0, 0.05) is 11.1 Å². The molecule has 412 valence electrons. The van der Waals surface area contributed by atoms with E-state index in [4.69, 9.17) is 9.47 Å². The van der Waals surface area contributed by atoms with Crippen LogP contribution in [0.15, 0.2) is 72.8 Å². The van der Waals surface area contributed by atoms with Gasteiger partial charge >= 0.3 is 35.8 Å². The molecule has 0 aromatic heterocycles. The van der Waals surface area contributed by atoms with Crippen LogP contribution < -0.4 is 10.2 Å². The summed E-state index contributed by atoms with van der Waals surface area (Å²) < 4.78 is 10.4. The summed E-state index contributed by atoms with van der Waals surface area (Å²) in [6.07, 6.45) is 53.9. The van der Waals surface area contributed by atoms with Crippen molar-refractivity contribution in [2.75, 3.05) is 13.2 Å². The number of carboxylic acids is 2. The topological polar surface area (TPSA) is 133 Å². The molecular weight excluding hydrogens is 1020 g/mol. The van der Waals surface area contributed by atoms with Gasteiger partial charge in [0.1, 0.15) is 0 Å². The summed E-state index contributed by atoms with van der Waals surface area (Å²) in [5.74, 6) is -3.91. The molecule has 2 aromatic rings. The fourth-order valence-corrected chi connectivity index (χ4v) is 7.73. The summed E-state index contributed by atoms with van der Waals surface area (Å²) in [7, 11) is 0. The molecule has 2 aromatic carbocycles. The number of hydrogen-bond donors (Lipinski definition) is 0. The molecule has 0 N–H and O–H groups in total. The number of carbonyl (C=O) groups excluding carboxylic acids is 4. The van der Waals surface area contributed by atoms with Crippen LogP contribution in [0.5, 0.6) is 0 Å². The van der Waals surface area contributed by atoms with Gasteiger partial charge in [0.15, 0.2) is 0 Å². The molecule has 9 heteroatoms. The first-order valence-electron chi connectivity index (χ1n) is 29.0. The molecule has 0 aliphatic heterocycles. The number of aromatic carboxylic acids is 2. The Morgan fingerprint density at radius 1 is 0.370 bits per heavy atom. The molecule has 0 saturated heterocycles. The number of ether oxygens (including phenoxy) is 2. The van der Waals surface area contributed by atoms with Crippen molar-refractivity contribution in [2.45, 2.75) is 259 Å². The standard InChI is InChI=1S/2C24H36O4.2C8H17.Sn/c2*1-2-3-4-5-6-7-8-9-10-11-12-13-14-17-20-28-24(27)22-19-16-15-18-21(22)23(25)26;2*1-3-5-7-8-6-4-2;/h2*4-5,15-16,18-19H,2-3,6-14,17,20H2,1H3,(H,25,26);2*1,3-8H2,2H3;/q;;;;+2/p-2/b2*5-4+;;;. The molecule has 0 atom stereocenters. The molecule has 0 spiro atoms. The van der Waals surface area contributed by atoms with E-state index < -0.39 is 23.9 Å². The van der Waals surface area contributed by atoms with Crippen molar-refractivity contribution in [3.05, 3.63) is 109 Å². The Bertz CT molecular complexity index is 1470. The smallest absolute Gasteiger partial charge is 0.545 e. The van der Waals surface area contributed by atoms with Gasteiger partial charge < -0.3 is 29.3 Å². The molecule has 8 nitrogen and oxygen atoms in total. The van der Waals surface area contributed by atoms with Crippen molar-refractivity contribution in [1.29, 1.82) is 0 Å². The molecule has 2 rings (SSSR count). The monoisotopic (exact) mass is 1120 g/mol. The average Bonchev–Trinajstić information content (AvgIpc) is 3.39. The molecule has 0 bridgehead atoms. The largest absolute Gasteiger partial charge is 2.00 e. The quantitative estimate of drug-likeness (QED) is 0.0278. The maximum absolute atomic E-state index is 12.0. The Kier molecular flexibility index (Phi) is 60.2. The number of allylic oxidation sites excluding steroid dienone is 4. The SMILES string of the molecule is CCC/C=C/CCCCCCCCCCCOC(=O)c1ccccc1C(=O)[O-].CCC/C=C/CCCCCCCCCCCOC(=O)c1ccccc1C(=O)[O-].[CH2]CCCCCCC.[CH2]CCCCCCC.[Sn+2]. The van der Waals surface area contributed by atoms with Crippen LogP contribution >= 0.6 is 0 Å². The molecule has 0 heterocycles. The minimum absolute atomic E-state index is 0. The first kappa shape index (κ1) is 73.8. The van der Waals surface area contributed by atoms with Crippen molar-refractivity contribution >= 4 is 47.8 Å². The average molecular weight is 1120 g/mol. The number of carboxylic acid groups (broad SMARTS) is 2. The summed E-state index contributed by atoms with van der Waals surface area (Å²) in [5.41, 5.74) is -0.124. The summed E-state index contributed by atoms with van der Waals surface area (Å²) in [6.45, 7) is 17.1. The van der Waals surface area contributed by atoms with E-state index in [-0.39, 0.29) is 46.2 Å². The maximum atomic E-state index is 12.0. The molecule has 0 unspecified atom stereocenters. The van der Waals surface area contributed by atoms with Gasteiger partial charge in [-0.2, -0.15) is 0 Å². The number of benzene rings is 2. The van der Waals surface area contributed by atoms with E-state index in [1.54, 1.807) is 24.3 Å². The van der Waals surface area contributed by atoms with E-state index in [1.807, 2.05) is 0 Å². The Balaban J connectivity index is -0.00000102. The van der Waals surface area contributed by atoms with Crippen LogP contribution in [-0.2, 0) is 9.47 Å². The fourth-order valence-electron chi connectivity index (χ4n) is 7.73. The first-order chi connectivity index (χ1) is 35.2.